The summed E-state index contributed by atoms with van der Waals surface area (Å²) in [4.78, 5) is 13.5. The number of benzene rings is 4. The molecule has 0 spiro atoms. The van der Waals surface area contributed by atoms with Gasteiger partial charge >= 0.3 is 0 Å². The highest BCUT2D eigenvalue weighted by atomic mass is 16.1. The first-order valence-electron chi connectivity index (χ1n) is 10.7. The molecule has 5 rings (SSSR count). The average Bonchev–Trinajstić information content (AvgIpc) is 2.96. The minimum absolute atomic E-state index is 0.202. The van der Waals surface area contributed by atoms with Crippen molar-refractivity contribution in [3.63, 3.8) is 0 Å². The van der Waals surface area contributed by atoms with Gasteiger partial charge in [-0.15, -0.1) is 0 Å². The Kier molecular flexibility index (Phi) is 5.03. The number of fused-ring (bicyclic) bond motifs is 2. The highest BCUT2D eigenvalue weighted by molar-refractivity contribution is 6.14. The van der Waals surface area contributed by atoms with Crippen LogP contribution in [0.1, 0.15) is 36.8 Å². The second-order valence-corrected chi connectivity index (χ2v) is 8.01. The number of hydrogen-bond acceptors (Lipinski definition) is 1. The number of carbonyl (C=O) groups excluding carboxylic acids is 1. The van der Waals surface area contributed by atoms with Crippen molar-refractivity contribution in [1.29, 1.82) is 0 Å². The monoisotopic (exact) mass is 388 g/mol. The molecular weight excluding hydrogens is 364 g/mol. The summed E-state index contributed by atoms with van der Waals surface area (Å²) < 4.78 is 0. The molecule has 1 nitrogen and oxygen atoms in total. The summed E-state index contributed by atoms with van der Waals surface area (Å²) in [7, 11) is 0. The van der Waals surface area contributed by atoms with E-state index in [1.54, 1.807) is 0 Å². The van der Waals surface area contributed by atoms with Crippen LogP contribution < -0.4 is 0 Å². The van der Waals surface area contributed by atoms with Crippen molar-refractivity contribution >= 4 is 39.5 Å². The van der Waals surface area contributed by atoms with Gasteiger partial charge in [0.25, 0.3) is 0 Å². The fraction of sp³-hybridized carbons (Fsp3) is 0.138. The molecule has 0 aliphatic heterocycles. The van der Waals surface area contributed by atoms with E-state index in [-0.39, 0.29) is 5.78 Å². The zero-order valence-corrected chi connectivity index (χ0v) is 17.0. The Morgan fingerprint density at radius 1 is 0.533 bits per heavy atom. The average molecular weight is 389 g/mol. The van der Waals surface area contributed by atoms with Crippen molar-refractivity contribution in [3.05, 3.63) is 107 Å². The lowest BCUT2D eigenvalue weighted by atomic mass is 9.95. The van der Waals surface area contributed by atoms with Crippen molar-refractivity contribution in [3.8, 4) is 0 Å². The van der Waals surface area contributed by atoms with Gasteiger partial charge in [0.1, 0.15) is 0 Å². The van der Waals surface area contributed by atoms with E-state index < -0.39 is 0 Å². The molecule has 0 radical (unpaired) electrons. The van der Waals surface area contributed by atoms with E-state index in [0.717, 1.165) is 48.0 Å². The molecule has 1 saturated carbocycles. The molecule has 146 valence electrons. The summed E-state index contributed by atoms with van der Waals surface area (Å²) in [5.41, 5.74) is 4.11. The summed E-state index contributed by atoms with van der Waals surface area (Å²) in [5.74, 6) is 0.202. The maximum atomic E-state index is 13.5. The molecule has 0 saturated heterocycles. The van der Waals surface area contributed by atoms with Gasteiger partial charge in [0.05, 0.1) is 0 Å². The van der Waals surface area contributed by atoms with Gasteiger partial charge in [-0.3, -0.25) is 4.79 Å². The molecule has 30 heavy (non-hydrogen) atoms. The van der Waals surface area contributed by atoms with Crippen LogP contribution in [0.2, 0.25) is 0 Å². The molecule has 4 aromatic rings. The van der Waals surface area contributed by atoms with Crippen molar-refractivity contribution < 1.29 is 4.79 Å². The van der Waals surface area contributed by atoms with Crippen molar-refractivity contribution in [2.24, 2.45) is 0 Å². The quantitative estimate of drug-likeness (QED) is 0.255. The van der Waals surface area contributed by atoms with Crippen LogP contribution in [-0.4, -0.2) is 5.78 Å². The van der Waals surface area contributed by atoms with Crippen LogP contribution in [0.4, 0.5) is 0 Å². The number of hydrogen-bond donors (Lipinski definition) is 0. The van der Waals surface area contributed by atoms with Gasteiger partial charge in [0.2, 0.25) is 0 Å². The number of ketones is 1. The molecule has 0 N–H and O–H groups in total. The summed E-state index contributed by atoms with van der Waals surface area (Å²) in [5, 5.41) is 4.81. The second kappa shape index (κ2) is 8.12. The van der Waals surface area contributed by atoms with Crippen LogP contribution in [-0.2, 0) is 4.79 Å². The van der Waals surface area contributed by atoms with Gasteiger partial charge in [-0.2, -0.15) is 0 Å². The topological polar surface area (TPSA) is 17.1 Å². The SMILES string of the molecule is O=C1/C(=C\c2cccc3ccccc23)CCCC/C1=C\c1cccc2ccccc12. The largest absolute Gasteiger partial charge is 0.289 e. The molecule has 0 bridgehead atoms. The minimum atomic E-state index is 0.202. The molecule has 1 heteroatoms. The number of allylic oxidation sites excluding steroid dienone is 2. The maximum absolute atomic E-state index is 13.5. The van der Waals surface area contributed by atoms with Gasteiger partial charge in [-0.1, -0.05) is 84.9 Å². The lowest BCUT2D eigenvalue weighted by molar-refractivity contribution is -0.112. The van der Waals surface area contributed by atoms with Crippen molar-refractivity contribution in [1.82, 2.24) is 0 Å². The van der Waals surface area contributed by atoms with E-state index in [2.05, 4.69) is 97.1 Å². The van der Waals surface area contributed by atoms with Gasteiger partial charge < -0.3 is 0 Å². The third-order valence-corrected chi connectivity index (χ3v) is 6.03. The van der Waals surface area contributed by atoms with E-state index >= 15 is 0 Å². The van der Waals surface area contributed by atoms with Crippen molar-refractivity contribution in [2.75, 3.05) is 0 Å². The molecule has 0 aromatic heterocycles. The number of rotatable bonds is 2. The van der Waals surface area contributed by atoms with Crippen LogP contribution >= 0.6 is 0 Å². The standard InChI is InChI=1S/C29H24O/c30-29-25(19-23-15-7-13-21-9-3-5-17-27(21)23)11-1-2-12-26(29)20-24-16-8-14-22-10-4-6-18-28(22)24/h3-10,13-20H,1-2,11-12H2/b25-19-,26-20+. The minimum Gasteiger partial charge on any atom is -0.289 e. The Morgan fingerprint density at radius 3 is 1.47 bits per heavy atom. The Labute approximate surface area is 177 Å². The molecular formula is C29H24O. The maximum Gasteiger partial charge on any atom is 0.185 e. The Balaban J connectivity index is 1.58. The fourth-order valence-electron chi connectivity index (χ4n) is 4.47. The van der Waals surface area contributed by atoms with Crippen molar-refractivity contribution in [2.45, 2.75) is 25.7 Å². The first-order chi connectivity index (χ1) is 14.8. The Morgan fingerprint density at radius 2 is 0.967 bits per heavy atom. The third kappa shape index (κ3) is 3.59. The molecule has 1 aliphatic rings. The second-order valence-electron chi connectivity index (χ2n) is 8.01. The molecule has 4 aromatic carbocycles. The zero-order chi connectivity index (χ0) is 20.3. The van der Waals surface area contributed by atoms with Gasteiger partial charge in [0, 0.05) is 11.1 Å². The first kappa shape index (κ1) is 18.6. The van der Waals surface area contributed by atoms with Crippen LogP contribution in [0.25, 0.3) is 33.7 Å². The van der Waals surface area contributed by atoms with Crippen LogP contribution in [0, 0.1) is 0 Å². The Bertz CT molecular complexity index is 1190. The molecule has 0 amide bonds. The predicted molar refractivity (Wildman–Crippen MR) is 127 cm³/mol. The smallest absolute Gasteiger partial charge is 0.185 e. The zero-order valence-electron chi connectivity index (χ0n) is 17.0. The molecule has 1 fully saturated rings. The van der Waals surface area contributed by atoms with Crippen LogP contribution in [0.3, 0.4) is 0 Å². The van der Waals surface area contributed by atoms with E-state index in [1.165, 1.54) is 21.5 Å². The molecule has 1 aliphatic carbocycles. The number of Topliss-reactive ketones (excluding diaryl/α,β-unsaturated/α-hetero) is 1. The summed E-state index contributed by atoms with van der Waals surface area (Å²) in [6.45, 7) is 0. The Hall–Kier alpha value is -3.45. The summed E-state index contributed by atoms with van der Waals surface area (Å²) in [6, 6.07) is 29.4. The molecule has 0 atom stereocenters. The van der Waals surface area contributed by atoms with E-state index in [0.29, 0.717) is 0 Å². The van der Waals surface area contributed by atoms with Gasteiger partial charge in [-0.05, 0) is 70.5 Å². The number of carbonyl (C=O) groups is 1. The molecule has 0 unspecified atom stereocenters. The lowest BCUT2D eigenvalue weighted by Gasteiger charge is -2.08. The van der Waals surface area contributed by atoms with Gasteiger partial charge in [-0.25, -0.2) is 0 Å². The summed E-state index contributed by atoms with van der Waals surface area (Å²) in [6.07, 6.45) is 8.02. The first-order valence-corrected chi connectivity index (χ1v) is 10.7. The predicted octanol–water partition coefficient (Wildman–Crippen LogP) is 7.60. The van der Waals surface area contributed by atoms with E-state index in [4.69, 9.17) is 0 Å². The molecule has 0 heterocycles. The highest BCUT2D eigenvalue weighted by Crippen LogP contribution is 2.30. The van der Waals surface area contributed by atoms with E-state index in [1.807, 2.05) is 0 Å². The lowest BCUT2D eigenvalue weighted by Crippen LogP contribution is -2.04. The van der Waals surface area contributed by atoms with E-state index in [9.17, 15) is 4.79 Å². The fourth-order valence-corrected chi connectivity index (χ4v) is 4.47. The van der Waals surface area contributed by atoms with Gasteiger partial charge in [0.15, 0.2) is 5.78 Å². The van der Waals surface area contributed by atoms with Crippen LogP contribution in [0.5, 0.6) is 0 Å². The third-order valence-electron chi connectivity index (χ3n) is 6.03. The highest BCUT2D eigenvalue weighted by Gasteiger charge is 2.19. The van der Waals surface area contributed by atoms with Crippen LogP contribution in [0.15, 0.2) is 96.1 Å². The normalized spacial score (nSPS) is 17.7. The summed E-state index contributed by atoms with van der Waals surface area (Å²) >= 11 is 0.